The number of hydrogen-bond acceptors (Lipinski definition) is 2. The third-order valence-corrected chi connectivity index (χ3v) is 3.00. The topological polar surface area (TPSA) is 12.0 Å². The molecule has 0 aromatic rings. The third-order valence-electron chi connectivity index (χ3n) is 1.49. The lowest BCUT2D eigenvalue weighted by Crippen LogP contribution is -2.29. The van der Waals surface area contributed by atoms with Gasteiger partial charge in [0.15, 0.2) is 0 Å². The predicted octanol–water partition coefficient (Wildman–Crippen LogP) is 2.86. The molecule has 0 spiro atoms. The second kappa shape index (κ2) is 7.96. The smallest absolute Gasteiger partial charge is 0.0176 e. The van der Waals surface area contributed by atoms with Gasteiger partial charge in [-0.1, -0.05) is 18.5 Å². The minimum Gasteiger partial charge on any atom is -0.310 e. The van der Waals surface area contributed by atoms with E-state index in [-0.39, 0.29) is 0 Å². The van der Waals surface area contributed by atoms with Gasteiger partial charge in [0.1, 0.15) is 0 Å². The SMILES string of the molecule is CCSCC(C)NCC(C)=CCl. The first-order valence-electron chi connectivity index (χ1n) is 4.27. The Morgan fingerprint density at radius 1 is 1.67 bits per heavy atom. The zero-order chi connectivity index (χ0) is 9.40. The van der Waals surface area contributed by atoms with Crippen molar-refractivity contribution < 1.29 is 0 Å². The van der Waals surface area contributed by atoms with Crippen LogP contribution in [0.4, 0.5) is 0 Å². The van der Waals surface area contributed by atoms with Gasteiger partial charge in [0.05, 0.1) is 0 Å². The summed E-state index contributed by atoms with van der Waals surface area (Å²) in [5.41, 5.74) is 2.82. The van der Waals surface area contributed by atoms with Gasteiger partial charge in [0.25, 0.3) is 0 Å². The maximum absolute atomic E-state index is 5.53. The Hall–Kier alpha value is 0.340. The molecule has 1 N–H and O–H groups in total. The van der Waals surface area contributed by atoms with E-state index in [4.69, 9.17) is 11.6 Å². The molecule has 0 rings (SSSR count). The van der Waals surface area contributed by atoms with Crippen LogP contribution in [0.5, 0.6) is 0 Å². The van der Waals surface area contributed by atoms with E-state index in [2.05, 4.69) is 19.2 Å². The van der Waals surface area contributed by atoms with Crippen molar-refractivity contribution in [2.45, 2.75) is 26.8 Å². The molecule has 0 aromatic heterocycles. The Balaban J connectivity index is 3.37. The molecule has 1 nitrogen and oxygen atoms in total. The van der Waals surface area contributed by atoms with Crippen LogP contribution in [-0.4, -0.2) is 24.1 Å². The molecule has 72 valence electrons. The van der Waals surface area contributed by atoms with E-state index in [0.29, 0.717) is 6.04 Å². The van der Waals surface area contributed by atoms with E-state index in [9.17, 15) is 0 Å². The average molecular weight is 208 g/mol. The van der Waals surface area contributed by atoms with Gasteiger partial charge in [-0.2, -0.15) is 11.8 Å². The summed E-state index contributed by atoms with van der Waals surface area (Å²) in [6.07, 6.45) is 0. The maximum Gasteiger partial charge on any atom is 0.0176 e. The van der Waals surface area contributed by atoms with Gasteiger partial charge in [-0.15, -0.1) is 0 Å². The number of halogens is 1. The Labute approximate surface area is 84.9 Å². The third kappa shape index (κ3) is 7.01. The van der Waals surface area contributed by atoms with Gasteiger partial charge in [-0.25, -0.2) is 0 Å². The molecule has 1 atom stereocenters. The number of nitrogens with one attached hydrogen (secondary N) is 1. The van der Waals surface area contributed by atoms with Crippen molar-refractivity contribution in [1.82, 2.24) is 5.32 Å². The lowest BCUT2D eigenvalue weighted by atomic mass is 10.3. The van der Waals surface area contributed by atoms with E-state index in [1.165, 1.54) is 17.1 Å². The van der Waals surface area contributed by atoms with Crippen molar-refractivity contribution in [2.24, 2.45) is 0 Å². The van der Waals surface area contributed by atoms with E-state index >= 15 is 0 Å². The zero-order valence-corrected chi connectivity index (χ0v) is 9.63. The highest BCUT2D eigenvalue weighted by Crippen LogP contribution is 2.01. The van der Waals surface area contributed by atoms with Crippen molar-refractivity contribution in [3.8, 4) is 0 Å². The van der Waals surface area contributed by atoms with Crippen molar-refractivity contribution in [3.63, 3.8) is 0 Å². The second-order valence-electron chi connectivity index (χ2n) is 2.90. The molecule has 12 heavy (non-hydrogen) atoms. The summed E-state index contributed by atoms with van der Waals surface area (Å²) >= 11 is 7.49. The summed E-state index contributed by atoms with van der Waals surface area (Å²) in [4.78, 5) is 0. The van der Waals surface area contributed by atoms with E-state index in [1.54, 1.807) is 5.54 Å². The molecule has 0 amide bonds. The minimum absolute atomic E-state index is 0.571. The minimum atomic E-state index is 0.571. The first-order valence-corrected chi connectivity index (χ1v) is 5.86. The van der Waals surface area contributed by atoms with Crippen LogP contribution in [-0.2, 0) is 0 Å². The zero-order valence-electron chi connectivity index (χ0n) is 8.06. The summed E-state index contributed by atoms with van der Waals surface area (Å²) in [6, 6.07) is 0.571. The first kappa shape index (κ1) is 12.3. The summed E-state index contributed by atoms with van der Waals surface area (Å²) < 4.78 is 0. The highest BCUT2D eigenvalue weighted by Gasteiger charge is 1.99. The molecular formula is C9H18ClNS. The molecule has 0 bridgehead atoms. The molecule has 0 aliphatic rings. The molecule has 1 unspecified atom stereocenters. The van der Waals surface area contributed by atoms with Crippen LogP contribution < -0.4 is 5.32 Å². The van der Waals surface area contributed by atoms with Crippen molar-refractivity contribution in [3.05, 3.63) is 11.1 Å². The maximum atomic E-state index is 5.53. The molecule has 3 heteroatoms. The predicted molar refractivity (Wildman–Crippen MR) is 60.1 cm³/mol. The Bertz CT molecular complexity index is 136. The summed E-state index contributed by atoms with van der Waals surface area (Å²) in [7, 11) is 0. The fourth-order valence-corrected chi connectivity index (χ4v) is 1.51. The molecular weight excluding hydrogens is 190 g/mol. The number of rotatable bonds is 6. The Morgan fingerprint density at radius 2 is 2.33 bits per heavy atom. The van der Waals surface area contributed by atoms with Crippen LogP contribution in [0.3, 0.4) is 0 Å². The van der Waals surface area contributed by atoms with E-state index in [0.717, 1.165) is 6.54 Å². The number of hydrogen-bond donors (Lipinski definition) is 1. The van der Waals surface area contributed by atoms with Crippen LogP contribution in [0.25, 0.3) is 0 Å². The standard InChI is InChI=1S/C9H18ClNS/c1-4-12-7-9(3)11-6-8(2)5-10/h5,9,11H,4,6-7H2,1-3H3. The van der Waals surface area contributed by atoms with E-state index < -0.39 is 0 Å². The average Bonchev–Trinajstić information content (AvgIpc) is 2.10. The molecule has 0 heterocycles. The molecule has 0 saturated heterocycles. The summed E-state index contributed by atoms with van der Waals surface area (Å²) in [6.45, 7) is 7.31. The van der Waals surface area contributed by atoms with Crippen LogP contribution in [0.1, 0.15) is 20.8 Å². The van der Waals surface area contributed by atoms with Crippen LogP contribution in [0.15, 0.2) is 11.1 Å². The molecule has 0 aromatic carbocycles. The lowest BCUT2D eigenvalue weighted by molar-refractivity contribution is 0.630. The van der Waals surface area contributed by atoms with Crippen molar-refractivity contribution in [1.29, 1.82) is 0 Å². The van der Waals surface area contributed by atoms with Gasteiger partial charge < -0.3 is 5.32 Å². The molecule has 0 aliphatic heterocycles. The molecule has 0 fully saturated rings. The highest BCUT2D eigenvalue weighted by atomic mass is 35.5. The van der Waals surface area contributed by atoms with Gasteiger partial charge in [-0.05, 0) is 25.2 Å². The largest absolute Gasteiger partial charge is 0.310 e. The van der Waals surface area contributed by atoms with Gasteiger partial charge in [-0.3, -0.25) is 0 Å². The fraction of sp³-hybridized carbons (Fsp3) is 0.778. The monoisotopic (exact) mass is 207 g/mol. The Morgan fingerprint density at radius 3 is 2.83 bits per heavy atom. The summed E-state index contributed by atoms with van der Waals surface area (Å²) in [5.74, 6) is 2.36. The normalized spacial score (nSPS) is 14.8. The lowest BCUT2D eigenvalue weighted by Gasteiger charge is -2.12. The number of thioether (sulfide) groups is 1. The quantitative estimate of drug-likeness (QED) is 0.719. The van der Waals surface area contributed by atoms with E-state index in [1.807, 2.05) is 18.7 Å². The first-order chi connectivity index (χ1) is 5.70. The van der Waals surface area contributed by atoms with Crippen molar-refractivity contribution in [2.75, 3.05) is 18.1 Å². The van der Waals surface area contributed by atoms with Gasteiger partial charge in [0.2, 0.25) is 0 Å². The second-order valence-corrected chi connectivity index (χ2v) is 4.43. The van der Waals surface area contributed by atoms with Crippen molar-refractivity contribution >= 4 is 23.4 Å². The summed E-state index contributed by atoms with van der Waals surface area (Å²) in [5, 5.41) is 3.39. The van der Waals surface area contributed by atoms with Crippen LogP contribution in [0, 0.1) is 0 Å². The fourth-order valence-electron chi connectivity index (χ4n) is 0.727. The van der Waals surface area contributed by atoms with Gasteiger partial charge >= 0.3 is 0 Å². The highest BCUT2D eigenvalue weighted by molar-refractivity contribution is 7.99. The van der Waals surface area contributed by atoms with Crippen LogP contribution in [0.2, 0.25) is 0 Å². The Kier molecular flexibility index (Phi) is 8.19. The molecule has 0 radical (unpaired) electrons. The van der Waals surface area contributed by atoms with Crippen LogP contribution >= 0.6 is 23.4 Å². The van der Waals surface area contributed by atoms with Gasteiger partial charge in [0, 0.05) is 23.9 Å². The molecule has 0 saturated carbocycles. The molecule has 0 aliphatic carbocycles.